The number of unbranched alkanes of at least 4 members (excludes halogenated alkanes) is 1. The lowest BCUT2D eigenvalue weighted by Crippen LogP contribution is -2.31. The topological polar surface area (TPSA) is 35.8 Å². The quantitative estimate of drug-likeness (QED) is 0.374. The van der Waals surface area contributed by atoms with Crippen LogP contribution in [0.3, 0.4) is 0 Å². The number of rotatable bonds is 5. The van der Waals surface area contributed by atoms with E-state index in [1.54, 1.807) is 0 Å². The second-order valence-corrected chi connectivity index (χ2v) is 2.84. The highest BCUT2D eigenvalue weighted by molar-refractivity contribution is 5.62. The van der Waals surface area contributed by atoms with Gasteiger partial charge in [0.15, 0.2) is 0 Å². The van der Waals surface area contributed by atoms with Crippen molar-refractivity contribution in [2.24, 2.45) is 5.16 Å². The molecule has 0 fully saturated rings. The minimum Gasteiger partial charge on any atom is -0.411 e. The molecule has 0 aliphatic carbocycles. The molecule has 0 unspecified atom stereocenters. The molecule has 0 aliphatic rings. The molecule has 0 saturated carbocycles. The molecule has 3 heteroatoms. The van der Waals surface area contributed by atoms with Crippen LogP contribution in [0.4, 0.5) is 0 Å². The fraction of sp³-hybridized carbons (Fsp3) is 0.875. The Hall–Kier alpha value is -0.570. The first-order chi connectivity index (χ1) is 5.22. The van der Waals surface area contributed by atoms with E-state index < -0.39 is 0 Å². The molecule has 0 rings (SSSR count). The van der Waals surface area contributed by atoms with Crippen molar-refractivity contribution in [2.45, 2.75) is 32.7 Å². The van der Waals surface area contributed by atoms with Crippen LogP contribution >= 0.6 is 0 Å². The van der Waals surface area contributed by atoms with E-state index in [0.717, 1.165) is 6.54 Å². The van der Waals surface area contributed by atoms with E-state index in [9.17, 15) is 0 Å². The Bertz CT molecular complexity index is 115. The lowest BCUT2D eigenvalue weighted by Gasteiger charge is -2.19. The molecule has 1 N–H and O–H groups in total. The van der Waals surface area contributed by atoms with Crippen molar-refractivity contribution in [3.05, 3.63) is 0 Å². The summed E-state index contributed by atoms with van der Waals surface area (Å²) < 4.78 is 0. The lowest BCUT2D eigenvalue weighted by atomic mass is 10.2. The summed E-state index contributed by atoms with van der Waals surface area (Å²) in [5, 5.41) is 11.3. The summed E-state index contributed by atoms with van der Waals surface area (Å²) in [4.78, 5) is 2.16. The molecule has 0 bridgehead atoms. The van der Waals surface area contributed by atoms with E-state index in [1.807, 2.05) is 14.0 Å². The van der Waals surface area contributed by atoms with Crippen molar-refractivity contribution >= 4 is 6.21 Å². The minimum atomic E-state index is 0.228. The Morgan fingerprint density at radius 3 is 2.73 bits per heavy atom. The fourth-order valence-electron chi connectivity index (χ4n) is 0.821. The SMILES string of the molecule is CCCCN(C)[C@H](C)/C=N\O. The highest BCUT2D eigenvalue weighted by atomic mass is 16.4. The first-order valence-electron chi connectivity index (χ1n) is 4.10. The van der Waals surface area contributed by atoms with Crippen molar-refractivity contribution in [1.82, 2.24) is 4.90 Å². The van der Waals surface area contributed by atoms with Crippen molar-refractivity contribution in [2.75, 3.05) is 13.6 Å². The zero-order chi connectivity index (χ0) is 8.69. The molecule has 3 nitrogen and oxygen atoms in total. The van der Waals surface area contributed by atoms with Gasteiger partial charge in [0.1, 0.15) is 0 Å². The van der Waals surface area contributed by atoms with Gasteiger partial charge in [0.05, 0.1) is 6.21 Å². The first kappa shape index (κ1) is 10.4. The molecule has 0 radical (unpaired) electrons. The third-order valence-electron chi connectivity index (χ3n) is 1.84. The van der Waals surface area contributed by atoms with Crippen molar-refractivity contribution in [1.29, 1.82) is 0 Å². The number of oxime groups is 1. The Balaban J connectivity index is 3.54. The van der Waals surface area contributed by atoms with Gasteiger partial charge in [-0.25, -0.2) is 0 Å². The van der Waals surface area contributed by atoms with Crippen molar-refractivity contribution in [3.63, 3.8) is 0 Å². The van der Waals surface area contributed by atoms with E-state index in [-0.39, 0.29) is 6.04 Å². The van der Waals surface area contributed by atoms with E-state index in [0.29, 0.717) is 0 Å². The molecule has 1 atom stereocenters. The summed E-state index contributed by atoms with van der Waals surface area (Å²) >= 11 is 0. The maximum atomic E-state index is 8.25. The zero-order valence-electron chi connectivity index (χ0n) is 7.62. The maximum Gasteiger partial charge on any atom is 0.0604 e. The second-order valence-electron chi connectivity index (χ2n) is 2.84. The average Bonchev–Trinajstić information content (AvgIpc) is 2.00. The van der Waals surface area contributed by atoms with Gasteiger partial charge in [0.2, 0.25) is 0 Å². The van der Waals surface area contributed by atoms with Gasteiger partial charge in [-0.05, 0) is 26.9 Å². The average molecular weight is 158 g/mol. The summed E-state index contributed by atoms with van der Waals surface area (Å²) in [6.07, 6.45) is 3.93. The van der Waals surface area contributed by atoms with Crippen LogP contribution in [0.25, 0.3) is 0 Å². The Morgan fingerprint density at radius 1 is 1.64 bits per heavy atom. The standard InChI is InChI=1S/C8H18N2O/c1-4-5-6-10(3)8(2)7-9-11/h7-8,11H,4-6H2,1-3H3/b9-7-/t8-/m1/s1. The van der Waals surface area contributed by atoms with Gasteiger partial charge in [0.25, 0.3) is 0 Å². The highest BCUT2D eigenvalue weighted by Gasteiger charge is 2.04. The molecule has 0 saturated heterocycles. The normalized spacial score (nSPS) is 14.5. The molecule has 0 amide bonds. The molecule has 0 heterocycles. The van der Waals surface area contributed by atoms with E-state index >= 15 is 0 Å². The summed E-state index contributed by atoms with van der Waals surface area (Å²) in [5.41, 5.74) is 0. The van der Waals surface area contributed by atoms with Crippen LogP contribution in [0.5, 0.6) is 0 Å². The van der Waals surface area contributed by atoms with Gasteiger partial charge >= 0.3 is 0 Å². The monoisotopic (exact) mass is 158 g/mol. The van der Waals surface area contributed by atoms with Crippen LogP contribution in [0.1, 0.15) is 26.7 Å². The van der Waals surface area contributed by atoms with Crippen LogP contribution in [0.2, 0.25) is 0 Å². The van der Waals surface area contributed by atoms with Crippen LogP contribution in [0, 0.1) is 0 Å². The van der Waals surface area contributed by atoms with E-state index in [1.165, 1.54) is 19.1 Å². The van der Waals surface area contributed by atoms with E-state index in [4.69, 9.17) is 5.21 Å². The molecular formula is C8H18N2O. The third kappa shape index (κ3) is 4.79. The second kappa shape index (κ2) is 6.16. The van der Waals surface area contributed by atoms with E-state index in [2.05, 4.69) is 17.0 Å². The molecule has 0 aromatic heterocycles. The lowest BCUT2D eigenvalue weighted by molar-refractivity contribution is 0.289. The number of nitrogens with zero attached hydrogens (tertiary/aromatic N) is 2. The van der Waals surface area contributed by atoms with Gasteiger partial charge in [0, 0.05) is 6.04 Å². The van der Waals surface area contributed by atoms with Gasteiger partial charge in [-0.3, -0.25) is 4.90 Å². The van der Waals surface area contributed by atoms with Gasteiger partial charge in [-0.1, -0.05) is 13.3 Å². The van der Waals surface area contributed by atoms with Crippen LogP contribution in [0.15, 0.2) is 5.16 Å². The summed E-state index contributed by atoms with van der Waals surface area (Å²) in [7, 11) is 2.03. The summed E-state index contributed by atoms with van der Waals surface area (Å²) in [6, 6.07) is 0.228. The number of hydrogen-bond acceptors (Lipinski definition) is 3. The predicted molar refractivity (Wildman–Crippen MR) is 47.3 cm³/mol. The van der Waals surface area contributed by atoms with Gasteiger partial charge in [-0.15, -0.1) is 5.16 Å². The summed E-state index contributed by atoms with van der Waals surface area (Å²) in [5.74, 6) is 0. The van der Waals surface area contributed by atoms with Gasteiger partial charge in [-0.2, -0.15) is 0 Å². The van der Waals surface area contributed by atoms with Crippen LogP contribution in [-0.4, -0.2) is 36.0 Å². The molecule has 66 valence electrons. The molecule has 0 aliphatic heterocycles. The third-order valence-corrected chi connectivity index (χ3v) is 1.84. The molecule has 0 spiro atoms. The van der Waals surface area contributed by atoms with Crippen molar-refractivity contribution < 1.29 is 5.21 Å². The Kier molecular flexibility index (Phi) is 5.84. The number of hydrogen-bond donors (Lipinski definition) is 1. The smallest absolute Gasteiger partial charge is 0.0604 e. The Labute approximate surface area is 68.7 Å². The first-order valence-corrected chi connectivity index (χ1v) is 4.10. The fourth-order valence-corrected chi connectivity index (χ4v) is 0.821. The van der Waals surface area contributed by atoms with Crippen molar-refractivity contribution in [3.8, 4) is 0 Å². The predicted octanol–water partition coefficient (Wildman–Crippen LogP) is 1.57. The van der Waals surface area contributed by atoms with Crippen LogP contribution < -0.4 is 0 Å². The maximum absolute atomic E-state index is 8.25. The van der Waals surface area contributed by atoms with Gasteiger partial charge < -0.3 is 5.21 Å². The highest BCUT2D eigenvalue weighted by Crippen LogP contribution is 1.96. The summed E-state index contributed by atoms with van der Waals surface area (Å²) in [6.45, 7) is 5.23. The molecule has 0 aromatic carbocycles. The largest absolute Gasteiger partial charge is 0.411 e. The van der Waals surface area contributed by atoms with Crippen LogP contribution in [-0.2, 0) is 0 Å². The minimum absolute atomic E-state index is 0.228. The molecular weight excluding hydrogens is 140 g/mol. The Morgan fingerprint density at radius 2 is 2.27 bits per heavy atom. The zero-order valence-corrected chi connectivity index (χ0v) is 7.62. The molecule has 11 heavy (non-hydrogen) atoms. The molecule has 0 aromatic rings.